The number of carbonyl (C=O) groups is 1. The molecule has 0 bridgehead atoms. The van der Waals surface area contributed by atoms with E-state index in [0.29, 0.717) is 22.4 Å². The minimum absolute atomic E-state index is 0.357. The van der Waals surface area contributed by atoms with E-state index in [0.717, 1.165) is 48.2 Å². The molecule has 3 aromatic carbocycles. The van der Waals surface area contributed by atoms with Gasteiger partial charge in [0.1, 0.15) is 0 Å². The highest BCUT2D eigenvalue weighted by Gasteiger charge is 2.30. The van der Waals surface area contributed by atoms with Gasteiger partial charge in [0.25, 0.3) is 5.91 Å². The van der Waals surface area contributed by atoms with Crippen LogP contribution in [0.25, 0.3) is 22.2 Å². The molecular weight excluding hydrogens is 477 g/mol. The van der Waals surface area contributed by atoms with Gasteiger partial charge in [-0.1, -0.05) is 36.4 Å². The number of amides is 1. The maximum atomic E-state index is 13.1. The van der Waals surface area contributed by atoms with Crippen LogP contribution in [0.1, 0.15) is 28.0 Å². The molecule has 2 heterocycles. The topological polar surface area (TPSA) is 59.8 Å². The number of hydrogen-bond acceptors (Lipinski definition) is 3. The number of imidazole rings is 1. The number of benzene rings is 3. The third-order valence-corrected chi connectivity index (χ3v) is 6.13. The summed E-state index contributed by atoms with van der Waals surface area (Å²) in [6, 6.07) is 23.1. The van der Waals surface area contributed by atoms with Gasteiger partial charge >= 0.3 is 6.18 Å². The summed E-state index contributed by atoms with van der Waals surface area (Å²) in [5, 5.41) is 2.89. The van der Waals surface area contributed by atoms with Crippen LogP contribution in [0.4, 0.5) is 18.9 Å². The third kappa shape index (κ3) is 5.53. The zero-order valence-electron chi connectivity index (χ0n) is 19.7. The molecule has 1 N–H and O–H groups in total. The Balaban J connectivity index is 1.30. The number of aryl methyl sites for hydroxylation is 2. The van der Waals surface area contributed by atoms with Crippen molar-refractivity contribution in [3.8, 4) is 11.1 Å². The largest absolute Gasteiger partial charge is 0.416 e. The van der Waals surface area contributed by atoms with E-state index in [1.54, 1.807) is 36.8 Å². The van der Waals surface area contributed by atoms with E-state index in [-0.39, 0.29) is 5.91 Å². The summed E-state index contributed by atoms with van der Waals surface area (Å²) in [6.07, 6.45) is 0.948. The Kier molecular flexibility index (Phi) is 6.72. The zero-order chi connectivity index (χ0) is 25.8. The minimum Gasteiger partial charge on any atom is -0.331 e. The molecule has 5 rings (SSSR count). The summed E-state index contributed by atoms with van der Waals surface area (Å²) in [7, 11) is 0. The number of anilines is 1. The lowest BCUT2D eigenvalue weighted by Gasteiger charge is -2.12. The second-order valence-electron chi connectivity index (χ2n) is 8.64. The van der Waals surface area contributed by atoms with Crippen molar-refractivity contribution in [2.45, 2.75) is 25.6 Å². The van der Waals surface area contributed by atoms with E-state index in [4.69, 9.17) is 0 Å². The summed E-state index contributed by atoms with van der Waals surface area (Å²) in [5.41, 5.74) is 4.05. The zero-order valence-corrected chi connectivity index (χ0v) is 19.7. The van der Waals surface area contributed by atoms with Gasteiger partial charge in [-0.3, -0.25) is 9.78 Å². The summed E-state index contributed by atoms with van der Waals surface area (Å²) in [5.74, 6) is -0.357. The van der Waals surface area contributed by atoms with Crippen LogP contribution in [0.2, 0.25) is 0 Å². The molecule has 1 amide bonds. The van der Waals surface area contributed by atoms with Gasteiger partial charge in [0.05, 0.1) is 22.9 Å². The molecule has 0 atom stereocenters. The quantitative estimate of drug-likeness (QED) is 0.262. The number of alkyl halides is 3. The molecule has 0 fully saturated rings. The molecule has 5 nitrogen and oxygen atoms in total. The molecular formula is C29H23F3N4O. The van der Waals surface area contributed by atoms with Crippen LogP contribution in [-0.4, -0.2) is 20.4 Å². The van der Waals surface area contributed by atoms with Gasteiger partial charge in [-0.05, 0) is 72.5 Å². The van der Waals surface area contributed by atoms with Gasteiger partial charge in [-0.2, -0.15) is 13.2 Å². The Morgan fingerprint density at radius 2 is 1.68 bits per heavy atom. The van der Waals surface area contributed by atoms with Gasteiger partial charge in [0.2, 0.25) is 0 Å². The van der Waals surface area contributed by atoms with Crippen LogP contribution in [0.3, 0.4) is 0 Å². The molecule has 186 valence electrons. The lowest BCUT2D eigenvalue weighted by molar-refractivity contribution is -0.137. The van der Waals surface area contributed by atoms with Crippen LogP contribution >= 0.6 is 0 Å². The SMILES string of the molecule is O=C(Nc1ccc2c(c1)ncn2CCCc1ccccn1)c1ccccc1-c1ccc(C(F)(F)F)cc1. The Bertz CT molecular complexity index is 1530. The summed E-state index contributed by atoms with van der Waals surface area (Å²) in [6.45, 7) is 0.791. The van der Waals surface area contributed by atoms with Gasteiger partial charge in [-0.15, -0.1) is 0 Å². The lowest BCUT2D eigenvalue weighted by Crippen LogP contribution is -2.13. The van der Waals surface area contributed by atoms with E-state index in [1.165, 1.54) is 12.1 Å². The molecule has 0 saturated heterocycles. The van der Waals surface area contributed by atoms with Gasteiger partial charge in [0, 0.05) is 29.7 Å². The number of carbonyl (C=O) groups excluding carboxylic acids is 1. The number of pyridine rings is 1. The number of aromatic nitrogens is 3. The Morgan fingerprint density at radius 1 is 0.892 bits per heavy atom. The molecule has 0 unspecified atom stereocenters. The Hall–Kier alpha value is -4.46. The highest BCUT2D eigenvalue weighted by atomic mass is 19.4. The van der Waals surface area contributed by atoms with Crippen LogP contribution in [0.5, 0.6) is 0 Å². The average Bonchev–Trinajstić information content (AvgIpc) is 3.31. The number of nitrogens with one attached hydrogen (secondary N) is 1. The molecule has 5 aromatic rings. The number of hydrogen-bond donors (Lipinski definition) is 1. The van der Waals surface area contributed by atoms with Crippen molar-refractivity contribution < 1.29 is 18.0 Å². The molecule has 0 spiro atoms. The fourth-order valence-electron chi connectivity index (χ4n) is 4.27. The molecule has 0 aliphatic carbocycles. The van der Waals surface area contributed by atoms with Gasteiger partial charge in [0.15, 0.2) is 0 Å². The third-order valence-electron chi connectivity index (χ3n) is 6.13. The lowest BCUT2D eigenvalue weighted by atomic mass is 9.98. The van der Waals surface area contributed by atoms with Crippen molar-refractivity contribution in [3.63, 3.8) is 0 Å². The summed E-state index contributed by atoms with van der Waals surface area (Å²) < 4.78 is 40.9. The fourth-order valence-corrected chi connectivity index (χ4v) is 4.27. The summed E-state index contributed by atoms with van der Waals surface area (Å²) in [4.78, 5) is 22.0. The fraction of sp³-hybridized carbons (Fsp3) is 0.138. The highest BCUT2D eigenvalue weighted by molar-refractivity contribution is 6.09. The van der Waals surface area contributed by atoms with Crippen molar-refractivity contribution in [1.29, 1.82) is 0 Å². The second-order valence-corrected chi connectivity index (χ2v) is 8.64. The van der Waals surface area contributed by atoms with Crippen molar-refractivity contribution in [3.05, 3.63) is 114 Å². The number of halogens is 3. The van der Waals surface area contributed by atoms with Gasteiger partial charge < -0.3 is 9.88 Å². The molecule has 8 heteroatoms. The smallest absolute Gasteiger partial charge is 0.331 e. The van der Waals surface area contributed by atoms with E-state index in [2.05, 4.69) is 19.9 Å². The standard InChI is InChI=1S/C29H23F3N4O/c30-29(31,32)21-12-10-20(11-13-21)24-8-1-2-9-25(24)28(37)35-23-14-15-27-26(18-23)34-19-36(27)17-5-7-22-6-3-4-16-33-22/h1-4,6,8-16,18-19H,5,7,17H2,(H,35,37). The molecule has 2 aromatic heterocycles. The molecule has 0 aliphatic rings. The first-order chi connectivity index (χ1) is 17.9. The van der Waals surface area contributed by atoms with Crippen molar-refractivity contribution >= 4 is 22.6 Å². The Labute approximate surface area is 211 Å². The number of rotatable bonds is 7. The first-order valence-corrected chi connectivity index (χ1v) is 11.8. The van der Waals surface area contributed by atoms with Crippen LogP contribution < -0.4 is 5.32 Å². The molecule has 0 radical (unpaired) electrons. The molecule has 37 heavy (non-hydrogen) atoms. The monoisotopic (exact) mass is 500 g/mol. The maximum Gasteiger partial charge on any atom is 0.416 e. The first kappa shape index (κ1) is 24.2. The van der Waals surface area contributed by atoms with Crippen molar-refractivity contribution in [2.24, 2.45) is 0 Å². The van der Waals surface area contributed by atoms with E-state index in [1.807, 2.05) is 36.4 Å². The van der Waals surface area contributed by atoms with Crippen LogP contribution in [-0.2, 0) is 19.1 Å². The van der Waals surface area contributed by atoms with Crippen LogP contribution in [0, 0.1) is 0 Å². The van der Waals surface area contributed by atoms with Crippen molar-refractivity contribution in [2.75, 3.05) is 5.32 Å². The normalized spacial score (nSPS) is 11.5. The maximum absolute atomic E-state index is 13.1. The number of nitrogens with zero attached hydrogens (tertiary/aromatic N) is 3. The second kappa shape index (κ2) is 10.3. The first-order valence-electron chi connectivity index (χ1n) is 11.8. The van der Waals surface area contributed by atoms with Gasteiger partial charge in [-0.25, -0.2) is 4.98 Å². The minimum atomic E-state index is -4.42. The number of fused-ring (bicyclic) bond motifs is 1. The molecule has 0 saturated carbocycles. The predicted octanol–water partition coefficient (Wildman–Crippen LogP) is 7.00. The molecule has 0 aliphatic heterocycles. The average molecular weight is 501 g/mol. The van der Waals surface area contributed by atoms with Crippen LogP contribution in [0.15, 0.2) is 97.5 Å². The van der Waals surface area contributed by atoms with E-state index >= 15 is 0 Å². The predicted molar refractivity (Wildman–Crippen MR) is 137 cm³/mol. The highest BCUT2D eigenvalue weighted by Crippen LogP contribution is 2.32. The van der Waals surface area contributed by atoms with E-state index in [9.17, 15) is 18.0 Å². The van der Waals surface area contributed by atoms with E-state index < -0.39 is 11.7 Å². The van der Waals surface area contributed by atoms with Crippen molar-refractivity contribution in [1.82, 2.24) is 14.5 Å². The summed E-state index contributed by atoms with van der Waals surface area (Å²) >= 11 is 0. The Morgan fingerprint density at radius 3 is 2.43 bits per heavy atom.